The highest BCUT2D eigenvalue weighted by atomic mass is 35.5. The summed E-state index contributed by atoms with van der Waals surface area (Å²) in [6.07, 6.45) is 0. The van der Waals surface area contributed by atoms with Crippen molar-refractivity contribution in [1.82, 2.24) is 10.3 Å². The predicted octanol–water partition coefficient (Wildman–Crippen LogP) is 2.66. The van der Waals surface area contributed by atoms with Gasteiger partial charge in [0.2, 0.25) is 5.91 Å². The normalized spacial score (nSPS) is 10.1. The minimum absolute atomic E-state index is 0.0451. The summed E-state index contributed by atoms with van der Waals surface area (Å²) in [6, 6.07) is 1.61. The van der Waals surface area contributed by atoms with E-state index in [0.717, 1.165) is 0 Å². The second-order valence-electron chi connectivity index (χ2n) is 3.10. The number of carbonyl (C=O) groups excluding carboxylic acids is 1. The van der Waals surface area contributed by atoms with Gasteiger partial charge in [0.1, 0.15) is 10.8 Å². The van der Waals surface area contributed by atoms with Gasteiger partial charge in [-0.05, 0) is 13.0 Å². The Kier molecular flexibility index (Phi) is 5.88. The summed E-state index contributed by atoms with van der Waals surface area (Å²) in [5.74, 6) is 0.788. The van der Waals surface area contributed by atoms with Crippen LogP contribution >= 0.6 is 35.0 Å². The van der Waals surface area contributed by atoms with E-state index in [0.29, 0.717) is 27.4 Å². The van der Waals surface area contributed by atoms with E-state index in [9.17, 15) is 4.79 Å². The minimum Gasteiger partial charge on any atom is -0.372 e. The van der Waals surface area contributed by atoms with Crippen molar-refractivity contribution in [2.24, 2.45) is 0 Å². The molecule has 0 spiro atoms. The zero-order valence-electron chi connectivity index (χ0n) is 9.51. The predicted molar refractivity (Wildman–Crippen MR) is 73.2 cm³/mol. The third-order valence-corrected chi connectivity index (χ3v) is 3.53. The summed E-state index contributed by atoms with van der Waals surface area (Å²) < 4.78 is 0. The van der Waals surface area contributed by atoms with Crippen LogP contribution in [0.3, 0.4) is 0 Å². The van der Waals surface area contributed by atoms with E-state index in [1.54, 1.807) is 13.1 Å². The zero-order chi connectivity index (χ0) is 12.8. The van der Waals surface area contributed by atoms with Crippen molar-refractivity contribution < 1.29 is 4.79 Å². The molecule has 0 fully saturated rings. The molecule has 0 aliphatic carbocycles. The molecule has 17 heavy (non-hydrogen) atoms. The first kappa shape index (κ1) is 14.4. The van der Waals surface area contributed by atoms with Crippen LogP contribution in [0.25, 0.3) is 0 Å². The largest absolute Gasteiger partial charge is 0.372 e. The Labute approximate surface area is 114 Å². The summed E-state index contributed by atoms with van der Waals surface area (Å²) in [5.41, 5.74) is 0. The average Bonchev–Trinajstić information content (AvgIpc) is 2.28. The van der Waals surface area contributed by atoms with Crippen LogP contribution in [0.15, 0.2) is 11.1 Å². The lowest BCUT2D eigenvalue weighted by Crippen LogP contribution is -2.24. The maximum absolute atomic E-state index is 11.3. The first-order valence-corrected chi connectivity index (χ1v) is 6.76. The Hall–Kier alpha value is -0.650. The van der Waals surface area contributed by atoms with Gasteiger partial charge in [0.05, 0.1) is 15.8 Å². The summed E-state index contributed by atoms with van der Waals surface area (Å²) in [7, 11) is 1.72. The average molecular weight is 294 g/mol. The molecule has 0 aromatic carbocycles. The van der Waals surface area contributed by atoms with Gasteiger partial charge in [0.15, 0.2) is 0 Å². The van der Waals surface area contributed by atoms with Gasteiger partial charge in [-0.15, -0.1) is 0 Å². The minimum atomic E-state index is -0.0451. The Morgan fingerprint density at radius 2 is 2.18 bits per heavy atom. The van der Waals surface area contributed by atoms with Crippen LogP contribution in [-0.2, 0) is 4.79 Å². The van der Waals surface area contributed by atoms with Crippen molar-refractivity contribution >= 4 is 46.7 Å². The Morgan fingerprint density at radius 3 is 2.76 bits per heavy atom. The smallest absolute Gasteiger partial charge is 0.230 e. The molecule has 2 N–H and O–H groups in total. The number of pyridine rings is 1. The van der Waals surface area contributed by atoms with Gasteiger partial charge in [-0.3, -0.25) is 4.79 Å². The molecule has 7 heteroatoms. The number of nitrogens with one attached hydrogen (secondary N) is 2. The van der Waals surface area contributed by atoms with E-state index < -0.39 is 0 Å². The Bertz CT molecular complexity index is 415. The van der Waals surface area contributed by atoms with E-state index in [-0.39, 0.29) is 11.7 Å². The summed E-state index contributed by atoms with van der Waals surface area (Å²) in [5, 5.41) is 7.06. The molecule has 0 radical (unpaired) electrons. The third-order valence-electron chi connectivity index (χ3n) is 1.85. The van der Waals surface area contributed by atoms with Crippen LogP contribution in [-0.4, -0.2) is 30.2 Å². The monoisotopic (exact) mass is 293 g/mol. The fraction of sp³-hybridized carbons (Fsp3) is 0.400. The molecule has 1 aromatic heterocycles. The topological polar surface area (TPSA) is 54.0 Å². The summed E-state index contributed by atoms with van der Waals surface area (Å²) in [4.78, 5) is 15.5. The van der Waals surface area contributed by atoms with Gasteiger partial charge in [0, 0.05) is 13.6 Å². The van der Waals surface area contributed by atoms with Crippen LogP contribution in [0.5, 0.6) is 0 Å². The number of anilines is 1. The molecule has 1 rings (SSSR count). The van der Waals surface area contributed by atoms with E-state index in [4.69, 9.17) is 23.2 Å². The van der Waals surface area contributed by atoms with Gasteiger partial charge in [-0.2, -0.15) is 0 Å². The maximum atomic E-state index is 11.3. The molecule has 0 saturated carbocycles. The van der Waals surface area contributed by atoms with Crippen molar-refractivity contribution in [2.75, 3.05) is 24.7 Å². The molecular formula is C10H13Cl2N3OS. The van der Waals surface area contributed by atoms with Gasteiger partial charge in [0.25, 0.3) is 0 Å². The standard InChI is InChI=1S/C10H13Cl2N3OS/c1-3-14-8(16)5-17-10-7(12)4-6(11)9(13-2)15-10/h4H,3,5H2,1-2H3,(H,13,15)(H,14,16). The molecular weight excluding hydrogens is 281 g/mol. The lowest BCUT2D eigenvalue weighted by atomic mass is 10.4. The van der Waals surface area contributed by atoms with Crippen molar-refractivity contribution in [3.63, 3.8) is 0 Å². The summed E-state index contributed by atoms with van der Waals surface area (Å²) in [6.45, 7) is 2.48. The lowest BCUT2D eigenvalue weighted by Gasteiger charge is -2.08. The molecule has 1 heterocycles. The molecule has 1 aromatic rings. The van der Waals surface area contributed by atoms with Crippen LogP contribution in [0, 0.1) is 0 Å². The number of amides is 1. The maximum Gasteiger partial charge on any atom is 0.230 e. The molecule has 94 valence electrons. The zero-order valence-corrected chi connectivity index (χ0v) is 11.8. The second kappa shape index (κ2) is 6.93. The van der Waals surface area contributed by atoms with Gasteiger partial charge < -0.3 is 10.6 Å². The molecule has 0 saturated heterocycles. The first-order valence-electron chi connectivity index (χ1n) is 5.01. The van der Waals surface area contributed by atoms with Crippen LogP contribution in [0.4, 0.5) is 5.82 Å². The van der Waals surface area contributed by atoms with E-state index >= 15 is 0 Å². The van der Waals surface area contributed by atoms with Crippen LogP contribution < -0.4 is 10.6 Å². The van der Waals surface area contributed by atoms with Crippen molar-refractivity contribution in [2.45, 2.75) is 11.9 Å². The van der Waals surface area contributed by atoms with Crippen LogP contribution in [0.1, 0.15) is 6.92 Å². The number of carbonyl (C=O) groups is 1. The van der Waals surface area contributed by atoms with Gasteiger partial charge >= 0.3 is 0 Å². The SMILES string of the molecule is CCNC(=O)CSc1nc(NC)c(Cl)cc1Cl. The van der Waals surface area contributed by atoms with Crippen LogP contribution in [0.2, 0.25) is 10.0 Å². The second-order valence-corrected chi connectivity index (χ2v) is 4.88. The highest BCUT2D eigenvalue weighted by Gasteiger charge is 2.10. The lowest BCUT2D eigenvalue weighted by molar-refractivity contribution is -0.118. The molecule has 1 amide bonds. The molecule has 0 unspecified atom stereocenters. The number of nitrogens with zero attached hydrogens (tertiary/aromatic N) is 1. The third kappa shape index (κ3) is 4.26. The quantitative estimate of drug-likeness (QED) is 0.820. The number of rotatable bonds is 5. The van der Waals surface area contributed by atoms with E-state index in [1.807, 2.05) is 6.92 Å². The van der Waals surface area contributed by atoms with Gasteiger partial charge in [-0.25, -0.2) is 4.98 Å². The molecule has 4 nitrogen and oxygen atoms in total. The van der Waals surface area contributed by atoms with E-state index in [1.165, 1.54) is 11.8 Å². The van der Waals surface area contributed by atoms with Crippen molar-refractivity contribution in [3.8, 4) is 0 Å². The number of hydrogen-bond acceptors (Lipinski definition) is 4. The number of hydrogen-bond donors (Lipinski definition) is 2. The van der Waals surface area contributed by atoms with Crippen molar-refractivity contribution in [1.29, 1.82) is 0 Å². The number of thioether (sulfide) groups is 1. The first-order chi connectivity index (χ1) is 8.08. The number of aromatic nitrogens is 1. The Morgan fingerprint density at radius 1 is 1.47 bits per heavy atom. The Balaban J connectivity index is 2.74. The fourth-order valence-corrected chi connectivity index (χ4v) is 2.45. The highest BCUT2D eigenvalue weighted by molar-refractivity contribution is 8.00. The summed E-state index contributed by atoms with van der Waals surface area (Å²) >= 11 is 13.2. The number of halogens is 2. The molecule has 0 aliphatic rings. The molecule has 0 bridgehead atoms. The molecule has 0 aliphatic heterocycles. The van der Waals surface area contributed by atoms with Gasteiger partial charge in [-0.1, -0.05) is 35.0 Å². The highest BCUT2D eigenvalue weighted by Crippen LogP contribution is 2.31. The fourth-order valence-electron chi connectivity index (χ4n) is 1.11. The van der Waals surface area contributed by atoms with Crippen molar-refractivity contribution in [3.05, 3.63) is 16.1 Å². The molecule has 0 atom stereocenters. The van der Waals surface area contributed by atoms with E-state index in [2.05, 4.69) is 15.6 Å².